The van der Waals surface area contributed by atoms with Crippen LogP contribution in [0, 0.1) is 0 Å². The quantitative estimate of drug-likeness (QED) is 0.0199. The summed E-state index contributed by atoms with van der Waals surface area (Å²) in [6, 6.07) is -0.973. The maximum atomic E-state index is 13.5. The Morgan fingerprint density at radius 3 is 1.03 bits per heavy atom. The van der Waals surface area contributed by atoms with Crippen LogP contribution >= 0.6 is 0 Å². The molecular formula is C86H157NO18. The van der Waals surface area contributed by atoms with E-state index in [1.54, 1.807) is 6.08 Å². The van der Waals surface area contributed by atoms with Crippen molar-refractivity contribution < 1.29 is 89.4 Å². The second-order valence-electron chi connectivity index (χ2n) is 30.6. The van der Waals surface area contributed by atoms with Gasteiger partial charge in [0, 0.05) is 6.42 Å². The largest absolute Gasteiger partial charge is 0.394 e. The topological polar surface area (TPSA) is 307 Å². The van der Waals surface area contributed by atoms with Gasteiger partial charge in [0.25, 0.3) is 0 Å². The van der Waals surface area contributed by atoms with Crippen LogP contribution in [0.2, 0.25) is 0 Å². The molecule has 614 valence electrons. The molecular weight excluding hydrogens is 1330 g/mol. The van der Waals surface area contributed by atoms with E-state index < -0.39 is 124 Å². The number of rotatable bonds is 69. The van der Waals surface area contributed by atoms with Gasteiger partial charge in [0.05, 0.1) is 38.6 Å². The average molecular weight is 1490 g/mol. The van der Waals surface area contributed by atoms with Crippen molar-refractivity contribution in [2.75, 3.05) is 26.4 Å². The van der Waals surface area contributed by atoms with Crippen molar-refractivity contribution >= 4 is 5.91 Å². The van der Waals surface area contributed by atoms with Crippen LogP contribution in [0.3, 0.4) is 0 Å². The third-order valence-corrected chi connectivity index (χ3v) is 21.3. The van der Waals surface area contributed by atoms with Crippen LogP contribution in [0.15, 0.2) is 60.8 Å². The number of carbonyl (C=O) groups is 1. The van der Waals surface area contributed by atoms with Gasteiger partial charge in [0.15, 0.2) is 18.9 Å². The van der Waals surface area contributed by atoms with Gasteiger partial charge in [0.1, 0.15) is 73.2 Å². The Kier molecular flexibility index (Phi) is 60.9. The maximum Gasteiger partial charge on any atom is 0.220 e. The Bertz CT molecular complexity index is 2130. The Labute approximate surface area is 636 Å². The molecule has 17 unspecified atom stereocenters. The zero-order valence-electron chi connectivity index (χ0n) is 66.0. The smallest absolute Gasteiger partial charge is 0.220 e. The summed E-state index contributed by atoms with van der Waals surface area (Å²) >= 11 is 0. The number of unbranched alkanes of at least 4 members (excludes halogenated alkanes) is 45. The highest BCUT2D eigenvalue weighted by Crippen LogP contribution is 2.33. The lowest BCUT2D eigenvalue weighted by atomic mass is 9.96. The molecule has 0 aliphatic carbocycles. The Hall–Kier alpha value is -2.51. The number of allylic oxidation sites excluding steroid dienone is 9. The summed E-state index contributed by atoms with van der Waals surface area (Å²) in [5.74, 6) is -0.269. The lowest BCUT2D eigenvalue weighted by Crippen LogP contribution is -2.66. The minimum Gasteiger partial charge on any atom is -0.394 e. The number of amides is 1. The first-order chi connectivity index (χ1) is 51.3. The van der Waals surface area contributed by atoms with E-state index in [-0.39, 0.29) is 18.9 Å². The van der Waals surface area contributed by atoms with Crippen molar-refractivity contribution in [2.45, 2.75) is 452 Å². The molecule has 0 aromatic carbocycles. The summed E-state index contributed by atoms with van der Waals surface area (Å²) in [5.41, 5.74) is 0. The summed E-state index contributed by atoms with van der Waals surface area (Å²) in [7, 11) is 0. The number of hydrogen-bond donors (Lipinski definition) is 12. The molecule has 3 saturated heterocycles. The SMILES string of the molecule is CC/C=C\C/C=C\C/C=C\C/C=C\CCCCCCCCCCCCCCCCCCCCCCCCCCCCC(=O)NC(COC1OC(CO)C(OC2OC(CO)C(OC3OC(CO)C(O)C(O)C3O)C(O)C2O)C(O)C1O)C(O)/C=C/CCCCCCCCCCCCCCCCCCCCC. The monoisotopic (exact) mass is 1490 g/mol. The molecule has 3 rings (SSSR count). The predicted octanol–water partition coefficient (Wildman–Crippen LogP) is 15.4. The molecule has 3 fully saturated rings. The molecule has 0 spiro atoms. The number of aliphatic hydroxyl groups is 11. The van der Waals surface area contributed by atoms with Gasteiger partial charge in [-0.15, -0.1) is 0 Å². The minimum atomic E-state index is -1.98. The van der Waals surface area contributed by atoms with Gasteiger partial charge >= 0.3 is 0 Å². The van der Waals surface area contributed by atoms with E-state index >= 15 is 0 Å². The molecule has 17 atom stereocenters. The standard InChI is InChI=1S/C86H157NO18/c1-3-5-7-9-11-13-15-17-19-21-23-25-26-27-28-29-30-31-32-33-34-35-36-37-38-39-40-41-42-44-46-48-50-52-54-56-58-60-62-64-74(92)87-69(70(91)63-61-59-57-55-53-51-49-47-45-43-24-22-20-18-16-14-12-10-8-6-4-2)68-100-84-80(98)77(95)82(72(66-89)102-84)105-86-81(99)78(96)83(73(67-90)103-86)104-85-79(97)76(94)75(93)71(65-88)101-85/h5,7,11,13,17,19,23,25,61,63,69-73,75-86,88-91,93-99H,3-4,6,8-10,12,14-16,18,20-22,24,26-60,62,64-68H2,1-2H3,(H,87,92)/b7-5-,13-11-,19-17-,25-23-,63-61+. The van der Waals surface area contributed by atoms with Gasteiger partial charge < -0.3 is 89.9 Å². The molecule has 19 heteroatoms. The van der Waals surface area contributed by atoms with Gasteiger partial charge in [-0.3, -0.25) is 4.79 Å². The Morgan fingerprint density at radius 1 is 0.352 bits per heavy atom. The van der Waals surface area contributed by atoms with Crippen LogP contribution in [0.5, 0.6) is 0 Å². The molecule has 1 amide bonds. The van der Waals surface area contributed by atoms with Crippen molar-refractivity contribution in [2.24, 2.45) is 0 Å². The lowest BCUT2D eigenvalue weighted by molar-refractivity contribution is -0.379. The van der Waals surface area contributed by atoms with Crippen LogP contribution in [-0.4, -0.2) is 193 Å². The van der Waals surface area contributed by atoms with Crippen LogP contribution in [-0.2, 0) is 33.2 Å². The van der Waals surface area contributed by atoms with E-state index in [1.807, 2.05) is 6.08 Å². The number of ether oxygens (including phenoxy) is 6. The van der Waals surface area contributed by atoms with Gasteiger partial charge in [-0.05, 0) is 57.8 Å². The highest BCUT2D eigenvalue weighted by molar-refractivity contribution is 5.76. The van der Waals surface area contributed by atoms with E-state index in [9.17, 15) is 61.0 Å². The summed E-state index contributed by atoms with van der Waals surface area (Å²) in [6.07, 6.45) is 59.4. The Balaban J connectivity index is 1.30. The molecule has 0 radical (unpaired) electrons. The number of carbonyl (C=O) groups excluding carboxylic acids is 1. The molecule has 3 aliphatic rings. The number of nitrogens with one attached hydrogen (secondary N) is 1. The van der Waals surface area contributed by atoms with E-state index in [0.29, 0.717) is 6.42 Å². The predicted molar refractivity (Wildman–Crippen MR) is 420 cm³/mol. The second-order valence-corrected chi connectivity index (χ2v) is 30.6. The van der Waals surface area contributed by atoms with Crippen molar-refractivity contribution in [1.29, 1.82) is 0 Å². The molecule has 0 aromatic rings. The van der Waals surface area contributed by atoms with Crippen LogP contribution in [0.1, 0.15) is 348 Å². The molecule has 0 bridgehead atoms. The fourth-order valence-corrected chi connectivity index (χ4v) is 14.5. The number of hydrogen-bond acceptors (Lipinski definition) is 18. The zero-order chi connectivity index (χ0) is 76.0. The summed E-state index contributed by atoms with van der Waals surface area (Å²) < 4.78 is 34.5. The molecule has 105 heavy (non-hydrogen) atoms. The van der Waals surface area contributed by atoms with E-state index in [2.05, 4.69) is 67.8 Å². The number of aliphatic hydroxyl groups excluding tert-OH is 11. The van der Waals surface area contributed by atoms with Gasteiger partial charge in [-0.25, -0.2) is 0 Å². The van der Waals surface area contributed by atoms with Crippen LogP contribution in [0.25, 0.3) is 0 Å². The molecule has 12 N–H and O–H groups in total. The van der Waals surface area contributed by atoms with E-state index in [4.69, 9.17) is 28.4 Å². The fourth-order valence-electron chi connectivity index (χ4n) is 14.5. The first kappa shape index (κ1) is 96.7. The average Bonchev–Trinajstić information content (AvgIpc) is 0.780. The molecule has 0 aromatic heterocycles. The van der Waals surface area contributed by atoms with Crippen LogP contribution in [0.4, 0.5) is 0 Å². The van der Waals surface area contributed by atoms with E-state index in [1.165, 1.54) is 250 Å². The third kappa shape index (κ3) is 45.6. The van der Waals surface area contributed by atoms with E-state index in [0.717, 1.165) is 70.6 Å². The molecule has 19 nitrogen and oxygen atoms in total. The highest BCUT2D eigenvalue weighted by atomic mass is 16.8. The van der Waals surface area contributed by atoms with Crippen molar-refractivity contribution in [3.63, 3.8) is 0 Å². The maximum absolute atomic E-state index is 13.5. The van der Waals surface area contributed by atoms with Crippen molar-refractivity contribution in [1.82, 2.24) is 5.32 Å². The first-order valence-electron chi connectivity index (χ1n) is 43.0. The lowest BCUT2D eigenvalue weighted by Gasteiger charge is -2.48. The Morgan fingerprint density at radius 2 is 0.657 bits per heavy atom. The fraction of sp³-hybridized carbons (Fsp3) is 0.872. The summed E-state index contributed by atoms with van der Waals surface area (Å²) in [4.78, 5) is 13.5. The molecule has 3 heterocycles. The third-order valence-electron chi connectivity index (χ3n) is 21.3. The van der Waals surface area contributed by atoms with Crippen LogP contribution < -0.4 is 5.32 Å². The first-order valence-corrected chi connectivity index (χ1v) is 43.0. The minimum absolute atomic E-state index is 0.247. The van der Waals surface area contributed by atoms with Gasteiger partial charge in [-0.2, -0.15) is 0 Å². The highest BCUT2D eigenvalue weighted by Gasteiger charge is 2.54. The molecule has 3 aliphatic heterocycles. The summed E-state index contributed by atoms with van der Waals surface area (Å²) in [6.45, 7) is 1.67. The second kappa shape index (κ2) is 66.1. The summed E-state index contributed by atoms with van der Waals surface area (Å²) in [5, 5.41) is 121. The normalized spacial score (nSPS) is 26.0. The van der Waals surface area contributed by atoms with Gasteiger partial charge in [-0.1, -0.05) is 344 Å². The van der Waals surface area contributed by atoms with Crippen molar-refractivity contribution in [3.05, 3.63) is 60.8 Å². The van der Waals surface area contributed by atoms with Crippen molar-refractivity contribution in [3.8, 4) is 0 Å². The van der Waals surface area contributed by atoms with Gasteiger partial charge in [0.2, 0.25) is 5.91 Å². The molecule has 0 saturated carbocycles. The zero-order valence-corrected chi connectivity index (χ0v) is 66.0.